The Morgan fingerprint density at radius 3 is 2.50 bits per heavy atom. The maximum atomic E-state index is 14.1. The molecule has 34 heavy (non-hydrogen) atoms. The minimum atomic E-state index is -0.467. The van der Waals surface area contributed by atoms with Gasteiger partial charge < -0.3 is 9.30 Å². The van der Waals surface area contributed by atoms with E-state index in [2.05, 4.69) is 4.98 Å². The molecule has 1 aromatic carbocycles. The van der Waals surface area contributed by atoms with E-state index in [9.17, 15) is 9.59 Å². The zero-order chi connectivity index (χ0) is 24.1. The molecule has 0 aliphatic carbocycles. The first-order chi connectivity index (χ1) is 16.3. The molecular weight excluding hydrogens is 454 g/mol. The first-order valence-electron chi connectivity index (χ1n) is 10.6. The molecule has 1 aliphatic rings. The molecule has 5 rings (SSSR count). The van der Waals surface area contributed by atoms with E-state index in [4.69, 9.17) is 21.4 Å². The maximum Gasteiger partial charge on any atom is 0.263 e. The van der Waals surface area contributed by atoms with Crippen molar-refractivity contribution in [3.63, 3.8) is 0 Å². The lowest BCUT2D eigenvalue weighted by atomic mass is 10.0. The number of nitrogens with zero attached hydrogens (tertiary/aromatic N) is 5. The number of anilines is 1. The van der Waals surface area contributed by atoms with Crippen molar-refractivity contribution in [1.29, 1.82) is 0 Å². The summed E-state index contributed by atoms with van der Waals surface area (Å²) < 4.78 is 8.66. The Morgan fingerprint density at radius 1 is 1.09 bits per heavy atom. The third-order valence-corrected chi connectivity index (χ3v) is 6.32. The summed E-state index contributed by atoms with van der Waals surface area (Å²) >= 11 is 6.15. The Labute approximate surface area is 201 Å². The highest BCUT2D eigenvalue weighted by Gasteiger charge is 2.45. The number of aromatic nitrogens is 4. The fraction of sp³-hybridized carbons (Fsp3) is 0.200. The van der Waals surface area contributed by atoms with Crippen molar-refractivity contribution < 1.29 is 9.53 Å². The normalized spacial score (nSPS) is 15.0. The Hall–Kier alpha value is -3.91. The number of methoxy groups -OCH3 is 1. The maximum absolute atomic E-state index is 14.1. The molecule has 0 unspecified atom stereocenters. The average Bonchev–Trinajstić information content (AvgIpc) is 3.32. The van der Waals surface area contributed by atoms with Crippen LogP contribution in [-0.4, -0.2) is 32.3 Å². The second-order valence-corrected chi connectivity index (χ2v) is 8.66. The molecule has 0 spiro atoms. The summed E-state index contributed by atoms with van der Waals surface area (Å²) in [7, 11) is 5.03. The molecule has 4 heterocycles. The summed E-state index contributed by atoms with van der Waals surface area (Å²) in [5.74, 6) is 0.164. The number of halogens is 1. The molecule has 1 atom stereocenters. The molecule has 172 valence electrons. The summed E-state index contributed by atoms with van der Waals surface area (Å²) in [6.07, 6.45) is 3.31. The van der Waals surface area contributed by atoms with Gasteiger partial charge in [0.1, 0.15) is 11.7 Å². The second-order valence-electron chi connectivity index (χ2n) is 8.22. The van der Waals surface area contributed by atoms with E-state index in [1.54, 1.807) is 60.2 Å². The molecule has 8 nitrogen and oxygen atoms in total. The first-order valence-corrected chi connectivity index (χ1v) is 11.0. The third-order valence-electron chi connectivity index (χ3n) is 6.07. The van der Waals surface area contributed by atoms with Crippen molar-refractivity contribution in [2.75, 3.05) is 12.0 Å². The van der Waals surface area contributed by atoms with Crippen molar-refractivity contribution in [3.05, 3.63) is 92.6 Å². The van der Waals surface area contributed by atoms with Crippen LogP contribution in [0.1, 0.15) is 33.2 Å². The minimum absolute atomic E-state index is 0.113. The van der Waals surface area contributed by atoms with Gasteiger partial charge in [-0.3, -0.25) is 19.2 Å². The molecule has 0 saturated carbocycles. The van der Waals surface area contributed by atoms with Crippen LogP contribution in [0.15, 0.2) is 59.7 Å². The largest absolute Gasteiger partial charge is 0.481 e. The Morgan fingerprint density at radius 2 is 1.82 bits per heavy atom. The number of fused-ring (bicyclic) bond motifs is 1. The Balaban J connectivity index is 1.78. The van der Waals surface area contributed by atoms with E-state index in [0.29, 0.717) is 39.0 Å². The number of hydrogen-bond acceptors (Lipinski definition) is 5. The Kier molecular flexibility index (Phi) is 5.25. The highest BCUT2D eigenvalue weighted by molar-refractivity contribution is 6.30. The summed E-state index contributed by atoms with van der Waals surface area (Å²) in [6.45, 7) is 1.74. The van der Waals surface area contributed by atoms with E-state index in [-0.39, 0.29) is 11.5 Å². The van der Waals surface area contributed by atoms with Crippen LogP contribution in [0.2, 0.25) is 5.02 Å². The summed E-state index contributed by atoms with van der Waals surface area (Å²) in [5.41, 5.74) is 4.25. The van der Waals surface area contributed by atoms with Gasteiger partial charge in [0.05, 0.1) is 29.6 Å². The van der Waals surface area contributed by atoms with Gasteiger partial charge in [0.2, 0.25) is 5.88 Å². The minimum Gasteiger partial charge on any atom is -0.481 e. The van der Waals surface area contributed by atoms with Gasteiger partial charge in [-0.2, -0.15) is 5.10 Å². The van der Waals surface area contributed by atoms with Gasteiger partial charge in [-0.15, -0.1) is 0 Å². The van der Waals surface area contributed by atoms with Gasteiger partial charge in [0.25, 0.3) is 11.5 Å². The van der Waals surface area contributed by atoms with Crippen molar-refractivity contribution in [2.45, 2.75) is 13.0 Å². The van der Waals surface area contributed by atoms with Crippen LogP contribution in [-0.2, 0) is 14.1 Å². The van der Waals surface area contributed by atoms with Crippen molar-refractivity contribution >= 4 is 23.2 Å². The number of pyridine rings is 2. The molecule has 4 aromatic rings. The lowest BCUT2D eigenvalue weighted by Crippen LogP contribution is -2.32. The first kappa shape index (κ1) is 21.9. The van der Waals surface area contributed by atoms with Crippen LogP contribution >= 0.6 is 11.6 Å². The van der Waals surface area contributed by atoms with Gasteiger partial charge in [0.15, 0.2) is 0 Å². The highest BCUT2D eigenvalue weighted by Crippen LogP contribution is 2.45. The number of amides is 1. The summed E-state index contributed by atoms with van der Waals surface area (Å²) in [6, 6.07) is 12.3. The third kappa shape index (κ3) is 3.30. The summed E-state index contributed by atoms with van der Waals surface area (Å²) in [4.78, 5) is 32.4. The number of carbonyl (C=O) groups excluding carboxylic acids is 1. The van der Waals surface area contributed by atoms with E-state index >= 15 is 0 Å². The molecule has 0 bridgehead atoms. The smallest absolute Gasteiger partial charge is 0.263 e. The van der Waals surface area contributed by atoms with Crippen LogP contribution < -0.4 is 15.2 Å². The SMILES string of the molecule is COc1ncccc1-c1nn(C)c2c1C(=O)N(c1cc(C)c(=O)n(C)c1)[C@H]2c1ccc(Cl)cc1. The lowest BCUT2D eigenvalue weighted by molar-refractivity contribution is 0.0993. The topological polar surface area (TPSA) is 82.2 Å². The lowest BCUT2D eigenvalue weighted by Gasteiger charge is -2.27. The van der Waals surface area contributed by atoms with E-state index in [1.165, 1.54) is 11.7 Å². The number of hydrogen-bond donors (Lipinski definition) is 0. The van der Waals surface area contributed by atoms with Crippen molar-refractivity contribution in [2.24, 2.45) is 14.1 Å². The summed E-state index contributed by atoms with van der Waals surface area (Å²) in [5, 5.41) is 5.30. The average molecular weight is 476 g/mol. The van der Waals surface area contributed by atoms with Crippen molar-refractivity contribution in [1.82, 2.24) is 19.3 Å². The molecule has 0 radical (unpaired) electrons. The highest BCUT2D eigenvalue weighted by atomic mass is 35.5. The van der Waals surface area contributed by atoms with Crippen LogP contribution in [0.4, 0.5) is 5.69 Å². The van der Waals surface area contributed by atoms with Gasteiger partial charge >= 0.3 is 0 Å². The van der Waals surface area contributed by atoms with E-state index < -0.39 is 6.04 Å². The molecule has 0 N–H and O–H groups in total. The molecule has 3 aromatic heterocycles. The molecule has 1 aliphatic heterocycles. The van der Waals surface area contributed by atoms with E-state index in [1.807, 2.05) is 25.2 Å². The van der Waals surface area contributed by atoms with Gasteiger partial charge in [-0.1, -0.05) is 23.7 Å². The Bertz CT molecular complexity index is 1460. The molecule has 0 fully saturated rings. The van der Waals surface area contributed by atoms with Crippen LogP contribution in [0.3, 0.4) is 0 Å². The molecule has 0 saturated heterocycles. The fourth-order valence-electron chi connectivity index (χ4n) is 4.55. The van der Waals surface area contributed by atoms with Gasteiger partial charge in [-0.25, -0.2) is 4.98 Å². The standard InChI is InChI=1S/C25H22ClN5O3/c1-14-12-17(13-29(2)24(14)32)31-21(15-7-9-16(26)10-8-15)22-19(25(31)33)20(28-30(22)3)18-6-5-11-27-23(18)34-4/h5-13,21H,1-4H3/t21-/m0/s1. The second kappa shape index (κ2) is 8.14. The fourth-order valence-corrected chi connectivity index (χ4v) is 4.68. The number of carbonyl (C=O) groups is 1. The predicted octanol–water partition coefficient (Wildman–Crippen LogP) is 3.90. The van der Waals surface area contributed by atoms with Gasteiger partial charge in [-0.05, 0) is 42.8 Å². The number of ether oxygens (including phenoxy) is 1. The number of aryl methyl sites for hydroxylation is 3. The van der Waals surface area contributed by atoms with Gasteiger partial charge in [0, 0.05) is 37.1 Å². The quantitative estimate of drug-likeness (QED) is 0.447. The molecule has 1 amide bonds. The van der Waals surface area contributed by atoms with E-state index in [0.717, 1.165) is 11.3 Å². The zero-order valence-corrected chi connectivity index (χ0v) is 19.9. The monoisotopic (exact) mass is 475 g/mol. The van der Waals surface area contributed by atoms with Crippen LogP contribution in [0.5, 0.6) is 5.88 Å². The molecular formula is C25H22ClN5O3. The van der Waals surface area contributed by atoms with Crippen LogP contribution in [0, 0.1) is 6.92 Å². The van der Waals surface area contributed by atoms with Crippen LogP contribution in [0.25, 0.3) is 11.3 Å². The number of rotatable bonds is 4. The predicted molar refractivity (Wildman–Crippen MR) is 130 cm³/mol. The zero-order valence-electron chi connectivity index (χ0n) is 19.1. The van der Waals surface area contributed by atoms with Crippen molar-refractivity contribution in [3.8, 4) is 17.1 Å². The number of benzene rings is 1. The molecule has 9 heteroatoms.